The topological polar surface area (TPSA) is 70.9 Å². The van der Waals surface area contributed by atoms with Crippen LogP contribution >= 0.6 is 0 Å². The van der Waals surface area contributed by atoms with Crippen molar-refractivity contribution < 1.29 is 9.50 Å². The molecular weight excluding hydrogens is 295 g/mol. The van der Waals surface area contributed by atoms with Crippen LogP contribution in [0.3, 0.4) is 0 Å². The minimum atomic E-state index is -0.408. The Morgan fingerprint density at radius 3 is 2.43 bits per heavy atom. The van der Waals surface area contributed by atoms with Crippen LogP contribution in [0.25, 0.3) is 22.6 Å². The molecule has 1 heterocycles. The maximum absolute atomic E-state index is 13.9. The number of hydrogen-bond acceptors (Lipinski definition) is 5. The summed E-state index contributed by atoms with van der Waals surface area (Å²) in [6, 6.07) is 15.7. The number of aliphatic hydroxyl groups excluding tert-OH is 1. The summed E-state index contributed by atoms with van der Waals surface area (Å²) in [6.07, 6.45) is 0. The van der Waals surface area contributed by atoms with E-state index in [-0.39, 0.29) is 18.0 Å². The predicted octanol–water partition coefficient (Wildman–Crippen LogP) is 2.75. The van der Waals surface area contributed by atoms with Crippen LogP contribution in [-0.4, -0.2) is 33.4 Å². The molecule has 2 aromatic carbocycles. The van der Waals surface area contributed by atoms with E-state index in [1.807, 2.05) is 30.3 Å². The molecule has 3 aromatic rings. The first-order valence-electron chi connectivity index (χ1n) is 7.19. The fraction of sp³-hybridized carbons (Fsp3) is 0.118. The number of anilines is 1. The maximum atomic E-state index is 13.9. The third-order valence-corrected chi connectivity index (χ3v) is 3.25. The van der Waals surface area contributed by atoms with Gasteiger partial charge < -0.3 is 10.4 Å². The molecule has 1 aromatic heterocycles. The van der Waals surface area contributed by atoms with E-state index in [0.29, 0.717) is 18.1 Å². The van der Waals surface area contributed by atoms with Crippen molar-refractivity contribution in [1.29, 1.82) is 0 Å². The third kappa shape index (κ3) is 3.32. The Morgan fingerprint density at radius 1 is 0.957 bits per heavy atom. The van der Waals surface area contributed by atoms with Crippen molar-refractivity contribution >= 4 is 5.82 Å². The Balaban J connectivity index is 2.07. The summed E-state index contributed by atoms with van der Waals surface area (Å²) < 4.78 is 13.9. The second-order valence-corrected chi connectivity index (χ2v) is 4.83. The minimum absolute atomic E-state index is 0.0483. The second-order valence-electron chi connectivity index (χ2n) is 4.83. The monoisotopic (exact) mass is 310 g/mol. The number of rotatable bonds is 5. The van der Waals surface area contributed by atoms with E-state index in [1.165, 1.54) is 6.07 Å². The first-order chi connectivity index (χ1) is 11.3. The van der Waals surface area contributed by atoms with Crippen LogP contribution in [0.15, 0.2) is 54.6 Å². The lowest BCUT2D eigenvalue weighted by molar-refractivity contribution is 0.311. The number of hydrogen-bond donors (Lipinski definition) is 2. The molecule has 0 aliphatic heterocycles. The molecule has 0 radical (unpaired) electrons. The molecule has 0 unspecified atom stereocenters. The van der Waals surface area contributed by atoms with Gasteiger partial charge in [0.1, 0.15) is 11.5 Å². The zero-order valence-corrected chi connectivity index (χ0v) is 12.3. The molecule has 116 valence electrons. The molecule has 6 heteroatoms. The highest BCUT2D eigenvalue weighted by Gasteiger charge is 2.14. The molecular formula is C17H15FN4O. The van der Waals surface area contributed by atoms with E-state index < -0.39 is 5.82 Å². The zero-order valence-electron chi connectivity index (χ0n) is 12.3. The van der Waals surface area contributed by atoms with Crippen LogP contribution in [0.2, 0.25) is 0 Å². The number of benzene rings is 2. The Hall–Kier alpha value is -2.86. The van der Waals surface area contributed by atoms with Gasteiger partial charge in [-0.05, 0) is 12.1 Å². The van der Waals surface area contributed by atoms with Crippen molar-refractivity contribution in [3.8, 4) is 22.6 Å². The highest BCUT2D eigenvalue weighted by molar-refractivity contribution is 5.72. The number of halogens is 1. The van der Waals surface area contributed by atoms with Crippen LogP contribution in [-0.2, 0) is 0 Å². The Kier molecular flexibility index (Phi) is 4.54. The van der Waals surface area contributed by atoms with E-state index in [0.717, 1.165) is 5.56 Å². The Bertz CT molecular complexity index is 796. The molecule has 0 spiro atoms. The Labute approximate surface area is 132 Å². The van der Waals surface area contributed by atoms with Crippen LogP contribution in [0.1, 0.15) is 0 Å². The number of nitrogens with one attached hydrogen (secondary N) is 1. The van der Waals surface area contributed by atoms with Crippen molar-refractivity contribution in [1.82, 2.24) is 15.2 Å². The largest absolute Gasteiger partial charge is 0.395 e. The summed E-state index contributed by atoms with van der Waals surface area (Å²) in [5.41, 5.74) is 1.68. The van der Waals surface area contributed by atoms with Gasteiger partial charge in [0, 0.05) is 12.1 Å². The number of aliphatic hydroxyl groups is 1. The van der Waals surface area contributed by atoms with Crippen LogP contribution in [0, 0.1) is 5.82 Å². The average molecular weight is 310 g/mol. The van der Waals surface area contributed by atoms with Crippen molar-refractivity contribution in [3.63, 3.8) is 0 Å². The third-order valence-electron chi connectivity index (χ3n) is 3.25. The van der Waals surface area contributed by atoms with Gasteiger partial charge in [-0.25, -0.2) is 9.37 Å². The Morgan fingerprint density at radius 2 is 1.70 bits per heavy atom. The van der Waals surface area contributed by atoms with E-state index in [4.69, 9.17) is 5.11 Å². The van der Waals surface area contributed by atoms with Gasteiger partial charge >= 0.3 is 0 Å². The molecule has 0 atom stereocenters. The highest BCUT2D eigenvalue weighted by atomic mass is 19.1. The van der Waals surface area contributed by atoms with Gasteiger partial charge in [0.25, 0.3) is 0 Å². The quantitative estimate of drug-likeness (QED) is 0.758. The number of aromatic nitrogens is 3. The lowest BCUT2D eigenvalue weighted by atomic mass is 10.1. The summed E-state index contributed by atoms with van der Waals surface area (Å²) in [5, 5.41) is 20.3. The van der Waals surface area contributed by atoms with Gasteiger partial charge in [-0.3, -0.25) is 0 Å². The minimum Gasteiger partial charge on any atom is -0.395 e. The van der Waals surface area contributed by atoms with Gasteiger partial charge in [0.15, 0.2) is 11.6 Å². The fourth-order valence-corrected chi connectivity index (χ4v) is 2.17. The highest BCUT2D eigenvalue weighted by Crippen LogP contribution is 2.26. The average Bonchev–Trinajstić information content (AvgIpc) is 2.61. The van der Waals surface area contributed by atoms with Gasteiger partial charge in [0.2, 0.25) is 0 Å². The van der Waals surface area contributed by atoms with Gasteiger partial charge in [0.05, 0.1) is 12.2 Å². The molecule has 0 aliphatic carbocycles. The van der Waals surface area contributed by atoms with Crippen LogP contribution in [0.4, 0.5) is 10.2 Å². The van der Waals surface area contributed by atoms with Crippen molar-refractivity contribution in [2.75, 3.05) is 18.5 Å². The lowest BCUT2D eigenvalue weighted by Gasteiger charge is -2.10. The van der Waals surface area contributed by atoms with Crippen molar-refractivity contribution in [3.05, 3.63) is 60.4 Å². The second kappa shape index (κ2) is 6.93. The van der Waals surface area contributed by atoms with Gasteiger partial charge in [-0.1, -0.05) is 42.5 Å². The first kappa shape index (κ1) is 15.1. The van der Waals surface area contributed by atoms with E-state index >= 15 is 0 Å². The molecule has 0 saturated heterocycles. The zero-order chi connectivity index (χ0) is 16.1. The van der Waals surface area contributed by atoms with Crippen LogP contribution < -0.4 is 5.32 Å². The van der Waals surface area contributed by atoms with Crippen molar-refractivity contribution in [2.24, 2.45) is 0 Å². The summed E-state index contributed by atoms with van der Waals surface area (Å²) in [4.78, 5) is 4.38. The smallest absolute Gasteiger partial charge is 0.186 e. The molecule has 3 rings (SSSR count). The van der Waals surface area contributed by atoms with Gasteiger partial charge in [-0.2, -0.15) is 0 Å². The molecule has 23 heavy (non-hydrogen) atoms. The normalized spacial score (nSPS) is 10.5. The standard InChI is InChI=1S/C17H15FN4O/c18-14-9-5-4-8-13(14)16-20-17(19-10-11-23)15(21-22-16)12-6-2-1-3-7-12/h1-9,23H,10-11H2,(H,19,20,22). The molecule has 5 nitrogen and oxygen atoms in total. The summed E-state index contributed by atoms with van der Waals surface area (Å²) in [7, 11) is 0. The predicted molar refractivity (Wildman–Crippen MR) is 86.2 cm³/mol. The lowest BCUT2D eigenvalue weighted by Crippen LogP contribution is -2.11. The molecule has 0 saturated carbocycles. The first-order valence-corrected chi connectivity index (χ1v) is 7.19. The molecule has 0 fully saturated rings. The fourth-order valence-electron chi connectivity index (χ4n) is 2.17. The van der Waals surface area contributed by atoms with E-state index in [9.17, 15) is 4.39 Å². The molecule has 2 N–H and O–H groups in total. The summed E-state index contributed by atoms with van der Waals surface area (Å²) in [6.45, 7) is 0.266. The molecule has 0 aliphatic rings. The van der Waals surface area contributed by atoms with E-state index in [2.05, 4.69) is 20.5 Å². The SMILES string of the molecule is OCCNc1nc(-c2ccccc2F)nnc1-c1ccccc1. The summed E-state index contributed by atoms with van der Waals surface area (Å²) >= 11 is 0. The summed E-state index contributed by atoms with van der Waals surface area (Å²) in [5.74, 6) is 0.247. The van der Waals surface area contributed by atoms with E-state index in [1.54, 1.807) is 18.2 Å². The number of nitrogens with zero attached hydrogens (tertiary/aromatic N) is 3. The molecule has 0 bridgehead atoms. The molecule has 0 amide bonds. The van der Waals surface area contributed by atoms with Crippen LogP contribution in [0.5, 0.6) is 0 Å². The van der Waals surface area contributed by atoms with Crippen molar-refractivity contribution in [2.45, 2.75) is 0 Å². The maximum Gasteiger partial charge on any atom is 0.186 e. The van der Waals surface area contributed by atoms with Gasteiger partial charge in [-0.15, -0.1) is 10.2 Å².